The van der Waals surface area contributed by atoms with E-state index in [1.807, 2.05) is 11.8 Å². The molecule has 0 radical (unpaired) electrons. The maximum absolute atomic E-state index is 2.26. The Balaban J connectivity index is 1.94. The van der Waals surface area contributed by atoms with Gasteiger partial charge in [0.1, 0.15) is 0 Å². The molecule has 1 atom stereocenters. The standard InChI is InChI=1S/C15H20S/c1-12(2)15-10-6-7-13(15)11-16-14-8-4-3-5-9-14/h3-5,8-9,13H,6-7,10-11H2,1-2H3. The van der Waals surface area contributed by atoms with Crippen LogP contribution in [0.5, 0.6) is 0 Å². The SMILES string of the molecule is CC(C)=C1CCCC1CSc1ccccc1. The maximum Gasteiger partial charge on any atom is 0.00721 e. The van der Waals surface area contributed by atoms with Crippen LogP contribution in [0.2, 0.25) is 0 Å². The van der Waals surface area contributed by atoms with Crippen LogP contribution in [-0.4, -0.2) is 5.75 Å². The number of benzene rings is 1. The Bertz CT molecular complexity index is 360. The van der Waals surface area contributed by atoms with Gasteiger partial charge in [0.2, 0.25) is 0 Å². The van der Waals surface area contributed by atoms with E-state index in [0.29, 0.717) is 0 Å². The molecule has 1 aliphatic rings. The monoisotopic (exact) mass is 232 g/mol. The molecule has 1 aromatic carbocycles. The first kappa shape index (κ1) is 11.8. The molecule has 86 valence electrons. The largest absolute Gasteiger partial charge is 0.126 e. The highest BCUT2D eigenvalue weighted by atomic mass is 32.2. The van der Waals surface area contributed by atoms with Gasteiger partial charge >= 0.3 is 0 Å². The number of hydrogen-bond acceptors (Lipinski definition) is 1. The van der Waals surface area contributed by atoms with Crippen LogP contribution in [0, 0.1) is 5.92 Å². The first-order valence-electron chi connectivity index (χ1n) is 6.11. The van der Waals surface area contributed by atoms with E-state index in [9.17, 15) is 0 Å². The van der Waals surface area contributed by atoms with Gasteiger partial charge < -0.3 is 0 Å². The molecule has 16 heavy (non-hydrogen) atoms. The summed E-state index contributed by atoms with van der Waals surface area (Å²) in [5.74, 6) is 2.08. The Morgan fingerprint density at radius 1 is 1.25 bits per heavy atom. The number of thioether (sulfide) groups is 1. The molecular weight excluding hydrogens is 212 g/mol. The van der Waals surface area contributed by atoms with Crippen LogP contribution in [-0.2, 0) is 0 Å². The van der Waals surface area contributed by atoms with Crippen molar-refractivity contribution in [1.29, 1.82) is 0 Å². The molecule has 0 nitrogen and oxygen atoms in total. The van der Waals surface area contributed by atoms with Crippen LogP contribution in [0.4, 0.5) is 0 Å². The zero-order valence-electron chi connectivity index (χ0n) is 10.2. The lowest BCUT2D eigenvalue weighted by molar-refractivity contribution is 0.702. The molecule has 0 spiro atoms. The maximum atomic E-state index is 2.26. The number of hydrogen-bond donors (Lipinski definition) is 0. The number of allylic oxidation sites excluding steroid dienone is 2. The van der Waals surface area contributed by atoms with Crippen molar-refractivity contribution in [2.75, 3.05) is 5.75 Å². The molecule has 0 bridgehead atoms. The van der Waals surface area contributed by atoms with Crippen molar-refractivity contribution in [3.8, 4) is 0 Å². The summed E-state index contributed by atoms with van der Waals surface area (Å²) < 4.78 is 0. The summed E-state index contributed by atoms with van der Waals surface area (Å²) in [4.78, 5) is 1.41. The lowest BCUT2D eigenvalue weighted by Gasteiger charge is -2.13. The summed E-state index contributed by atoms with van der Waals surface area (Å²) in [6, 6.07) is 10.8. The first-order chi connectivity index (χ1) is 7.77. The molecule has 1 aliphatic carbocycles. The predicted octanol–water partition coefficient (Wildman–Crippen LogP) is 4.92. The van der Waals surface area contributed by atoms with Crippen LogP contribution in [0.1, 0.15) is 33.1 Å². The van der Waals surface area contributed by atoms with E-state index >= 15 is 0 Å². The summed E-state index contributed by atoms with van der Waals surface area (Å²) in [7, 11) is 0. The minimum absolute atomic E-state index is 0.829. The van der Waals surface area contributed by atoms with E-state index in [1.54, 1.807) is 11.1 Å². The van der Waals surface area contributed by atoms with Crippen molar-refractivity contribution in [3.63, 3.8) is 0 Å². The van der Waals surface area contributed by atoms with Gasteiger partial charge in [-0.3, -0.25) is 0 Å². The van der Waals surface area contributed by atoms with Gasteiger partial charge in [-0.05, 0) is 51.2 Å². The second kappa shape index (κ2) is 5.58. The summed E-state index contributed by atoms with van der Waals surface area (Å²) in [6.45, 7) is 4.53. The second-order valence-electron chi connectivity index (χ2n) is 4.74. The van der Waals surface area contributed by atoms with Gasteiger partial charge in [-0.1, -0.05) is 29.3 Å². The van der Waals surface area contributed by atoms with Crippen LogP contribution < -0.4 is 0 Å². The predicted molar refractivity (Wildman–Crippen MR) is 72.9 cm³/mol. The van der Waals surface area contributed by atoms with Crippen molar-refractivity contribution < 1.29 is 0 Å². The highest BCUT2D eigenvalue weighted by Crippen LogP contribution is 2.36. The second-order valence-corrected chi connectivity index (χ2v) is 5.83. The van der Waals surface area contributed by atoms with E-state index in [1.165, 1.54) is 29.9 Å². The quantitative estimate of drug-likeness (QED) is 0.527. The first-order valence-corrected chi connectivity index (χ1v) is 7.10. The van der Waals surface area contributed by atoms with Crippen LogP contribution >= 0.6 is 11.8 Å². The van der Waals surface area contributed by atoms with Gasteiger partial charge in [-0.2, -0.15) is 0 Å². The molecule has 0 heterocycles. The van der Waals surface area contributed by atoms with E-state index in [0.717, 1.165) is 5.92 Å². The fraction of sp³-hybridized carbons (Fsp3) is 0.467. The lowest BCUT2D eigenvalue weighted by atomic mass is 10.0. The van der Waals surface area contributed by atoms with Crippen LogP contribution in [0.15, 0.2) is 46.4 Å². The molecule has 0 aliphatic heterocycles. The minimum Gasteiger partial charge on any atom is -0.126 e. The van der Waals surface area contributed by atoms with Crippen molar-refractivity contribution in [3.05, 3.63) is 41.5 Å². The van der Waals surface area contributed by atoms with Gasteiger partial charge in [0, 0.05) is 10.6 Å². The smallest absolute Gasteiger partial charge is 0.00721 e. The fourth-order valence-electron chi connectivity index (χ4n) is 2.47. The summed E-state index contributed by atoms with van der Waals surface area (Å²) in [6.07, 6.45) is 4.11. The van der Waals surface area contributed by atoms with E-state index in [4.69, 9.17) is 0 Å². The van der Waals surface area contributed by atoms with Gasteiger partial charge in [0.25, 0.3) is 0 Å². The average Bonchev–Trinajstić information content (AvgIpc) is 2.76. The topological polar surface area (TPSA) is 0 Å². The van der Waals surface area contributed by atoms with E-state index in [-0.39, 0.29) is 0 Å². The zero-order valence-corrected chi connectivity index (χ0v) is 11.0. The zero-order chi connectivity index (χ0) is 11.4. The Labute approximate surface area is 103 Å². The Hall–Kier alpha value is -0.690. The fourth-order valence-corrected chi connectivity index (χ4v) is 3.58. The minimum atomic E-state index is 0.829. The van der Waals surface area contributed by atoms with Crippen LogP contribution in [0.25, 0.3) is 0 Å². The molecule has 0 saturated heterocycles. The third kappa shape index (κ3) is 2.91. The molecule has 1 saturated carbocycles. The third-order valence-electron chi connectivity index (χ3n) is 3.33. The van der Waals surface area contributed by atoms with Gasteiger partial charge in [-0.25, -0.2) is 0 Å². The molecular formula is C15H20S. The normalized spacial score (nSPS) is 20.1. The highest BCUT2D eigenvalue weighted by molar-refractivity contribution is 7.99. The molecule has 2 rings (SSSR count). The molecule has 1 unspecified atom stereocenters. The van der Waals surface area contributed by atoms with E-state index < -0.39 is 0 Å². The highest BCUT2D eigenvalue weighted by Gasteiger charge is 2.21. The Kier molecular flexibility index (Phi) is 4.11. The van der Waals surface area contributed by atoms with Crippen molar-refractivity contribution in [1.82, 2.24) is 0 Å². The third-order valence-corrected chi connectivity index (χ3v) is 4.50. The summed E-state index contributed by atoms with van der Waals surface area (Å²) in [5, 5.41) is 0. The van der Waals surface area contributed by atoms with Crippen molar-refractivity contribution in [2.45, 2.75) is 38.0 Å². The van der Waals surface area contributed by atoms with Gasteiger partial charge in [-0.15, -0.1) is 11.8 Å². The Morgan fingerprint density at radius 2 is 2.00 bits per heavy atom. The number of rotatable bonds is 3. The van der Waals surface area contributed by atoms with Gasteiger partial charge in [0.05, 0.1) is 0 Å². The van der Waals surface area contributed by atoms with Gasteiger partial charge in [0.15, 0.2) is 0 Å². The lowest BCUT2D eigenvalue weighted by Crippen LogP contribution is -2.01. The van der Waals surface area contributed by atoms with Crippen LogP contribution in [0.3, 0.4) is 0 Å². The summed E-state index contributed by atoms with van der Waals surface area (Å²) >= 11 is 2.00. The molecule has 0 aromatic heterocycles. The molecule has 0 amide bonds. The molecule has 1 heteroatoms. The average molecular weight is 232 g/mol. The van der Waals surface area contributed by atoms with E-state index in [2.05, 4.69) is 44.2 Å². The molecule has 0 N–H and O–H groups in total. The van der Waals surface area contributed by atoms with Crippen molar-refractivity contribution >= 4 is 11.8 Å². The summed E-state index contributed by atoms with van der Waals surface area (Å²) in [5.41, 5.74) is 3.28. The molecule has 1 fully saturated rings. The molecule has 1 aromatic rings. The Morgan fingerprint density at radius 3 is 2.69 bits per heavy atom. The van der Waals surface area contributed by atoms with Crippen molar-refractivity contribution in [2.24, 2.45) is 5.92 Å².